The van der Waals surface area contributed by atoms with Crippen LogP contribution in [0.25, 0.3) is 0 Å². The van der Waals surface area contributed by atoms with E-state index in [-0.39, 0.29) is 5.82 Å². The van der Waals surface area contributed by atoms with Gasteiger partial charge in [-0.3, -0.25) is 4.99 Å². The van der Waals surface area contributed by atoms with E-state index in [0.29, 0.717) is 0 Å². The van der Waals surface area contributed by atoms with Crippen molar-refractivity contribution in [2.75, 3.05) is 39.8 Å². The largest absolute Gasteiger partial charge is 0.356 e. The summed E-state index contributed by atoms with van der Waals surface area (Å²) < 4.78 is 13.1. The van der Waals surface area contributed by atoms with E-state index in [1.807, 2.05) is 13.0 Å². The summed E-state index contributed by atoms with van der Waals surface area (Å²) in [5.74, 6) is 0.656. The Morgan fingerprint density at radius 2 is 1.83 bits per heavy atom. The molecule has 4 nitrogen and oxygen atoms in total. The molecule has 0 saturated carbocycles. The Labute approximate surface area is 146 Å². The molecule has 0 aliphatic rings. The third-order valence-electron chi connectivity index (χ3n) is 4.30. The van der Waals surface area contributed by atoms with Crippen molar-refractivity contribution in [2.24, 2.45) is 4.99 Å². The van der Waals surface area contributed by atoms with E-state index >= 15 is 0 Å². The summed E-state index contributed by atoms with van der Waals surface area (Å²) in [6.07, 6.45) is 3.18. The number of halogens is 1. The molecule has 0 bridgehead atoms. The minimum absolute atomic E-state index is 0.175. The molecule has 136 valence electrons. The summed E-state index contributed by atoms with van der Waals surface area (Å²) in [6, 6.07) is 4.96. The number of rotatable bonds is 10. The molecule has 0 heterocycles. The molecule has 0 aliphatic heterocycles. The van der Waals surface area contributed by atoms with E-state index in [4.69, 9.17) is 0 Å². The van der Waals surface area contributed by atoms with Crippen LogP contribution >= 0.6 is 0 Å². The molecule has 0 radical (unpaired) electrons. The Hall–Kier alpha value is -1.62. The van der Waals surface area contributed by atoms with E-state index in [0.717, 1.165) is 57.1 Å². The maximum atomic E-state index is 13.1. The zero-order valence-electron chi connectivity index (χ0n) is 15.7. The van der Waals surface area contributed by atoms with Gasteiger partial charge in [-0.1, -0.05) is 19.9 Å². The summed E-state index contributed by atoms with van der Waals surface area (Å²) in [5, 5.41) is 6.67. The van der Waals surface area contributed by atoms with E-state index in [9.17, 15) is 4.39 Å². The minimum Gasteiger partial charge on any atom is -0.356 e. The average molecular weight is 336 g/mol. The van der Waals surface area contributed by atoms with Crippen LogP contribution in [0.3, 0.4) is 0 Å². The van der Waals surface area contributed by atoms with Gasteiger partial charge in [0, 0.05) is 20.1 Å². The maximum absolute atomic E-state index is 13.1. The molecule has 1 aromatic carbocycles. The fourth-order valence-corrected chi connectivity index (χ4v) is 2.68. The van der Waals surface area contributed by atoms with E-state index < -0.39 is 0 Å². The van der Waals surface area contributed by atoms with Gasteiger partial charge in [-0.25, -0.2) is 4.39 Å². The van der Waals surface area contributed by atoms with Gasteiger partial charge in [0.2, 0.25) is 0 Å². The molecule has 0 aromatic heterocycles. The first-order valence-corrected chi connectivity index (χ1v) is 9.02. The van der Waals surface area contributed by atoms with Crippen LogP contribution < -0.4 is 10.6 Å². The van der Waals surface area contributed by atoms with Gasteiger partial charge in [0.25, 0.3) is 0 Å². The molecule has 0 amide bonds. The van der Waals surface area contributed by atoms with E-state index in [1.165, 1.54) is 18.1 Å². The van der Waals surface area contributed by atoms with Gasteiger partial charge < -0.3 is 15.5 Å². The summed E-state index contributed by atoms with van der Waals surface area (Å²) in [4.78, 5) is 6.69. The van der Waals surface area contributed by atoms with Crippen molar-refractivity contribution in [2.45, 2.75) is 40.0 Å². The third kappa shape index (κ3) is 7.77. The quantitative estimate of drug-likeness (QED) is 0.392. The number of unbranched alkanes of at least 4 members (excludes halogenated alkanes) is 1. The van der Waals surface area contributed by atoms with Gasteiger partial charge in [0.05, 0.1) is 0 Å². The number of hydrogen-bond donors (Lipinski definition) is 2. The van der Waals surface area contributed by atoms with Crippen LogP contribution in [0.15, 0.2) is 23.2 Å². The molecule has 0 atom stereocenters. The summed E-state index contributed by atoms with van der Waals surface area (Å²) in [5.41, 5.74) is 2.16. The lowest BCUT2D eigenvalue weighted by atomic mass is 10.1. The normalized spacial score (nSPS) is 11.8. The highest BCUT2D eigenvalue weighted by Gasteiger charge is 2.02. The highest BCUT2D eigenvalue weighted by molar-refractivity contribution is 5.79. The number of hydrogen-bond acceptors (Lipinski definition) is 2. The fourth-order valence-electron chi connectivity index (χ4n) is 2.68. The van der Waals surface area contributed by atoms with Crippen LogP contribution in [-0.4, -0.2) is 50.6 Å². The SMILES string of the molecule is CCN(CC)CCCCNC(=NC)NCCc1ccc(F)cc1C. The summed E-state index contributed by atoms with van der Waals surface area (Å²) >= 11 is 0. The zero-order chi connectivity index (χ0) is 17.8. The van der Waals surface area contributed by atoms with Crippen LogP contribution in [0.2, 0.25) is 0 Å². The summed E-state index contributed by atoms with van der Waals surface area (Å²) in [6.45, 7) is 11.5. The Morgan fingerprint density at radius 1 is 1.12 bits per heavy atom. The van der Waals surface area contributed by atoms with Gasteiger partial charge >= 0.3 is 0 Å². The van der Waals surface area contributed by atoms with Crippen molar-refractivity contribution in [1.29, 1.82) is 0 Å². The highest BCUT2D eigenvalue weighted by Crippen LogP contribution is 2.10. The smallest absolute Gasteiger partial charge is 0.190 e. The predicted octanol–water partition coefficient (Wildman–Crippen LogP) is 2.96. The molecule has 2 N–H and O–H groups in total. The first-order valence-electron chi connectivity index (χ1n) is 9.02. The highest BCUT2D eigenvalue weighted by atomic mass is 19.1. The molecule has 24 heavy (non-hydrogen) atoms. The Morgan fingerprint density at radius 3 is 2.46 bits per heavy atom. The monoisotopic (exact) mass is 336 g/mol. The molecule has 0 saturated heterocycles. The van der Waals surface area contributed by atoms with Crippen molar-refractivity contribution in [1.82, 2.24) is 15.5 Å². The Kier molecular flexibility index (Phi) is 10.1. The van der Waals surface area contributed by atoms with Crippen molar-refractivity contribution < 1.29 is 4.39 Å². The van der Waals surface area contributed by atoms with Crippen LogP contribution in [0.4, 0.5) is 4.39 Å². The molecular formula is C19H33FN4. The second-order valence-corrected chi connectivity index (χ2v) is 5.98. The van der Waals surface area contributed by atoms with Gasteiger partial charge in [0.1, 0.15) is 5.82 Å². The molecule has 1 aromatic rings. The summed E-state index contributed by atoms with van der Waals surface area (Å²) in [7, 11) is 1.79. The molecule has 5 heteroatoms. The van der Waals surface area contributed by atoms with Crippen LogP contribution in [0.1, 0.15) is 37.8 Å². The minimum atomic E-state index is -0.175. The van der Waals surface area contributed by atoms with Crippen LogP contribution in [-0.2, 0) is 6.42 Å². The molecule has 0 fully saturated rings. The van der Waals surface area contributed by atoms with Crippen molar-refractivity contribution >= 4 is 5.96 Å². The lowest BCUT2D eigenvalue weighted by Crippen LogP contribution is -2.39. The Balaban J connectivity index is 2.21. The number of nitrogens with zero attached hydrogens (tertiary/aromatic N) is 2. The van der Waals surface area contributed by atoms with Crippen molar-refractivity contribution in [3.05, 3.63) is 35.1 Å². The topological polar surface area (TPSA) is 39.7 Å². The number of nitrogens with one attached hydrogen (secondary N) is 2. The molecule has 1 rings (SSSR count). The first-order chi connectivity index (χ1) is 11.6. The fraction of sp³-hybridized carbons (Fsp3) is 0.632. The van der Waals surface area contributed by atoms with Crippen molar-refractivity contribution in [3.63, 3.8) is 0 Å². The van der Waals surface area contributed by atoms with Crippen molar-refractivity contribution in [3.8, 4) is 0 Å². The third-order valence-corrected chi connectivity index (χ3v) is 4.30. The lowest BCUT2D eigenvalue weighted by molar-refractivity contribution is 0.297. The number of guanidine groups is 1. The van der Waals surface area contributed by atoms with E-state index in [1.54, 1.807) is 13.1 Å². The number of aryl methyl sites for hydroxylation is 1. The van der Waals surface area contributed by atoms with Gasteiger partial charge in [-0.2, -0.15) is 0 Å². The molecule has 0 aliphatic carbocycles. The second-order valence-electron chi connectivity index (χ2n) is 5.98. The van der Waals surface area contributed by atoms with Crippen LogP contribution in [0.5, 0.6) is 0 Å². The molecule has 0 spiro atoms. The van der Waals surface area contributed by atoms with Gasteiger partial charge in [-0.05, 0) is 69.1 Å². The van der Waals surface area contributed by atoms with Gasteiger partial charge in [-0.15, -0.1) is 0 Å². The van der Waals surface area contributed by atoms with Crippen LogP contribution in [0, 0.1) is 12.7 Å². The first kappa shape index (κ1) is 20.4. The second kappa shape index (κ2) is 11.8. The molecule has 0 unspecified atom stereocenters. The number of aliphatic imine (C=N–C) groups is 1. The molecular weight excluding hydrogens is 303 g/mol. The Bertz CT molecular complexity index is 498. The zero-order valence-corrected chi connectivity index (χ0v) is 15.7. The standard InChI is InChI=1S/C19H33FN4/c1-5-24(6-2)14-8-7-12-22-19(21-4)23-13-11-17-9-10-18(20)15-16(17)3/h9-10,15H,5-8,11-14H2,1-4H3,(H2,21,22,23). The van der Waals surface area contributed by atoms with Gasteiger partial charge in [0.15, 0.2) is 5.96 Å². The number of benzene rings is 1. The van der Waals surface area contributed by atoms with E-state index in [2.05, 4.69) is 34.4 Å². The predicted molar refractivity (Wildman–Crippen MR) is 101 cm³/mol. The average Bonchev–Trinajstić information content (AvgIpc) is 2.58. The lowest BCUT2D eigenvalue weighted by Gasteiger charge is -2.18. The maximum Gasteiger partial charge on any atom is 0.190 e.